The molecule has 0 N–H and O–H groups in total. The van der Waals surface area contributed by atoms with E-state index in [2.05, 4.69) is 55.1 Å². The SMILES string of the molecule is C=C=O.COCCOC(=O)Cc1ccc2ccc3cccc4ccc1c2c34. The monoisotopic (exact) mass is 360 g/mol. The first-order chi connectivity index (χ1) is 13.2. The highest BCUT2D eigenvalue weighted by atomic mass is 16.6. The summed E-state index contributed by atoms with van der Waals surface area (Å²) in [5.74, 6) is 1.03. The predicted octanol–water partition coefficient (Wildman–Crippen LogP) is 4.32. The van der Waals surface area contributed by atoms with Gasteiger partial charge in [0.05, 0.1) is 13.0 Å². The van der Waals surface area contributed by atoms with Crippen molar-refractivity contribution >= 4 is 44.2 Å². The van der Waals surface area contributed by atoms with E-state index < -0.39 is 0 Å². The van der Waals surface area contributed by atoms with Gasteiger partial charge in [-0.3, -0.25) is 4.79 Å². The third kappa shape index (κ3) is 3.82. The number of methoxy groups -OCH3 is 1. The van der Waals surface area contributed by atoms with Crippen LogP contribution in [0.4, 0.5) is 0 Å². The van der Waals surface area contributed by atoms with Crippen LogP contribution in [0.5, 0.6) is 0 Å². The number of carbonyl (C=O) groups excluding carboxylic acids is 2. The van der Waals surface area contributed by atoms with E-state index in [0.717, 1.165) is 10.9 Å². The molecular weight excluding hydrogens is 340 g/mol. The molecule has 0 fully saturated rings. The van der Waals surface area contributed by atoms with Gasteiger partial charge in [0.15, 0.2) is 0 Å². The molecule has 136 valence electrons. The zero-order chi connectivity index (χ0) is 19.2. The summed E-state index contributed by atoms with van der Waals surface area (Å²) in [5, 5.41) is 7.28. The van der Waals surface area contributed by atoms with Gasteiger partial charge in [-0.05, 0) is 44.5 Å². The van der Waals surface area contributed by atoms with Crippen LogP contribution in [-0.4, -0.2) is 32.2 Å². The van der Waals surface area contributed by atoms with Gasteiger partial charge in [-0.15, -0.1) is 0 Å². The second-order valence-electron chi connectivity index (χ2n) is 6.12. The van der Waals surface area contributed by atoms with E-state index in [9.17, 15) is 4.79 Å². The fourth-order valence-electron chi connectivity index (χ4n) is 3.40. The number of hydrogen-bond donors (Lipinski definition) is 0. The molecule has 0 aliphatic heterocycles. The summed E-state index contributed by atoms with van der Waals surface area (Å²) in [4.78, 5) is 20.6. The quantitative estimate of drug-likeness (QED) is 0.230. The largest absolute Gasteiger partial charge is 0.463 e. The van der Waals surface area contributed by atoms with Crippen LogP contribution >= 0.6 is 0 Å². The van der Waals surface area contributed by atoms with Crippen molar-refractivity contribution in [3.63, 3.8) is 0 Å². The first-order valence-corrected chi connectivity index (χ1v) is 8.63. The van der Waals surface area contributed by atoms with Gasteiger partial charge in [-0.2, -0.15) is 0 Å². The highest BCUT2D eigenvalue weighted by molar-refractivity contribution is 6.23. The number of carbonyl (C=O) groups is 1. The minimum Gasteiger partial charge on any atom is -0.463 e. The van der Waals surface area contributed by atoms with Gasteiger partial charge in [0.2, 0.25) is 0 Å². The molecule has 0 heterocycles. The standard InChI is InChI=1S/C21H18O3.C2H2O/c1-23-11-12-24-19(22)13-17-8-7-16-6-5-14-3-2-4-15-9-10-18(17)21(16)20(14)15;1-2-3/h2-10H,11-13H2,1H3;1H2. The van der Waals surface area contributed by atoms with Crippen LogP contribution in [0.15, 0.2) is 61.2 Å². The molecule has 4 heteroatoms. The first-order valence-electron chi connectivity index (χ1n) is 8.63. The van der Waals surface area contributed by atoms with Crippen LogP contribution in [-0.2, 0) is 25.5 Å². The third-order valence-corrected chi connectivity index (χ3v) is 4.50. The topological polar surface area (TPSA) is 52.6 Å². The molecule has 0 aliphatic rings. The van der Waals surface area contributed by atoms with E-state index in [-0.39, 0.29) is 12.4 Å². The van der Waals surface area contributed by atoms with Crippen LogP contribution in [0, 0.1) is 0 Å². The Balaban J connectivity index is 0.000000659. The lowest BCUT2D eigenvalue weighted by Crippen LogP contribution is -2.12. The summed E-state index contributed by atoms with van der Waals surface area (Å²) in [6.07, 6.45) is 0.276. The molecule has 27 heavy (non-hydrogen) atoms. The van der Waals surface area contributed by atoms with Crippen molar-refractivity contribution in [2.45, 2.75) is 6.42 Å². The number of hydrogen-bond acceptors (Lipinski definition) is 4. The maximum absolute atomic E-state index is 12.1. The molecule has 0 saturated heterocycles. The molecule has 4 aromatic carbocycles. The number of ether oxygens (including phenoxy) is 2. The molecule has 0 atom stereocenters. The van der Waals surface area contributed by atoms with E-state index >= 15 is 0 Å². The fraction of sp³-hybridized carbons (Fsp3) is 0.174. The molecule has 0 aliphatic carbocycles. The number of esters is 1. The Bertz CT molecular complexity index is 1090. The lowest BCUT2D eigenvalue weighted by Gasteiger charge is -2.13. The molecule has 4 rings (SSSR count). The van der Waals surface area contributed by atoms with Crippen molar-refractivity contribution in [1.82, 2.24) is 0 Å². The van der Waals surface area contributed by atoms with E-state index in [1.807, 2.05) is 6.07 Å². The van der Waals surface area contributed by atoms with Gasteiger partial charge >= 0.3 is 5.97 Å². The van der Waals surface area contributed by atoms with Crippen LogP contribution in [0.2, 0.25) is 0 Å². The molecule has 0 bridgehead atoms. The Morgan fingerprint density at radius 2 is 1.52 bits per heavy atom. The number of rotatable bonds is 5. The Kier molecular flexibility index (Phi) is 5.82. The van der Waals surface area contributed by atoms with E-state index in [0.29, 0.717) is 13.2 Å². The summed E-state index contributed by atoms with van der Waals surface area (Å²) in [7, 11) is 1.59. The Hall–Kier alpha value is -3.20. The molecule has 4 nitrogen and oxygen atoms in total. The lowest BCUT2D eigenvalue weighted by molar-refractivity contribution is -0.144. The molecule has 0 aromatic heterocycles. The second-order valence-corrected chi connectivity index (χ2v) is 6.12. The van der Waals surface area contributed by atoms with E-state index in [4.69, 9.17) is 14.3 Å². The van der Waals surface area contributed by atoms with E-state index in [1.54, 1.807) is 7.11 Å². The van der Waals surface area contributed by atoms with Gasteiger partial charge in [0.1, 0.15) is 12.5 Å². The molecular formula is C23H20O4. The maximum atomic E-state index is 12.1. The van der Waals surface area contributed by atoms with Gasteiger partial charge in [-0.25, -0.2) is 4.79 Å². The Morgan fingerprint density at radius 3 is 2.19 bits per heavy atom. The highest BCUT2D eigenvalue weighted by Crippen LogP contribution is 2.35. The van der Waals surface area contributed by atoms with Crippen molar-refractivity contribution < 1.29 is 19.1 Å². The normalized spacial score (nSPS) is 10.6. The van der Waals surface area contributed by atoms with Crippen molar-refractivity contribution in [3.05, 3.63) is 66.7 Å². The summed E-state index contributed by atoms with van der Waals surface area (Å²) >= 11 is 0. The van der Waals surface area contributed by atoms with Crippen molar-refractivity contribution in [3.8, 4) is 0 Å². The first kappa shape index (κ1) is 18.6. The van der Waals surface area contributed by atoms with Crippen LogP contribution < -0.4 is 0 Å². The third-order valence-electron chi connectivity index (χ3n) is 4.50. The van der Waals surface area contributed by atoms with Gasteiger partial charge in [0, 0.05) is 7.11 Å². The predicted molar refractivity (Wildman–Crippen MR) is 108 cm³/mol. The van der Waals surface area contributed by atoms with Crippen LogP contribution in [0.1, 0.15) is 5.56 Å². The van der Waals surface area contributed by atoms with Gasteiger partial charge in [0.25, 0.3) is 0 Å². The maximum Gasteiger partial charge on any atom is 0.310 e. The van der Waals surface area contributed by atoms with Crippen molar-refractivity contribution in [2.24, 2.45) is 0 Å². The van der Waals surface area contributed by atoms with E-state index in [1.165, 1.54) is 32.9 Å². The highest BCUT2D eigenvalue weighted by Gasteiger charge is 2.13. The average molecular weight is 360 g/mol. The smallest absolute Gasteiger partial charge is 0.310 e. The average Bonchev–Trinajstić information content (AvgIpc) is 2.68. The molecule has 0 spiro atoms. The van der Waals surface area contributed by atoms with Gasteiger partial charge in [-0.1, -0.05) is 54.6 Å². The summed E-state index contributed by atoms with van der Waals surface area (Å²) < 4.78 is 10.1. The molecule has 0 amide bonds. The lowest BCUT2D eigenvalue weighted by atomic mass is 9.91. The zero-order valence-electron chi connectivity index (χ0n) is 15.2. The van der Waals surface area contributed by atoms with Crippen LogP contribution in [0.25, 0.3) is 32.3 Å². The zero-order valence-corrected chi connectivity index (χ0v) is 15.2. The molecule has 0 unspecified atom stereocenters. The Labute approximate surface area is 157 Å². The van der Waals surface area contributed by atoms with Crippen molar-refractivity contribution in [2.75, 3.05) is 20.3 Å². The second kappa shape index (κ2) is 8.45. The number of benzene rings is 4. The summed E-state index contributed by atoms with van der Waals surface area (Å²) in [6, 6.07) is 19.0. The van der Waals surface area contributed by atoms with Gasteiger partial charge < -0.3 is 9.47 Å². The summed E-state index contributed by atoms with van der Waals surface area (Å²) in [5.41, 5.74) is 1.00. The molecule has 0 radical (unpaired) electrons. The molecule has 0 saturated carbocycles. The van der Waals surface area contributed by atoms with Crippen LogP contribution in [0.3, 0.4) is 0 Å². The minimum atomic E-state index is -0.220. The Morgan fingerprint density at radius 1 is 0.926 bits per heavy atom. The fourth-order valence-corrected chi connectivity index (χ4v) is 3.40. The minimum absolute atomic E-state index is 0.220. The summed E-state index contributed by atoms with van der Waals surface area (Å²) in [6.45, 7) is 3.39. The van der Waals surface area contributed by atoms with Crippen molar-refractivity contribution in [1.29, 1.82) is 0 Å². The molecule has 4 aromatic rings.